The van der Waals surface area contributed by atoms with Crippen LogP contribution in [0.5, 0.6) is 0 Å². The van der Waals surface area contributed by atoms with Crippen molar-refractivity contribution in [3.8, 4) is 11.1 Å². The minimum Gasteiger partial charge on any atom is -0.382 e. The Morgan fingerprint density at radius 1 is 0.905 bits per heavy atom. The van der Waals surface area contributed by atoms with Crippen LogP contribution < -0.4 is 5.32 Å². The zero-order valence-corrected chi connectivity index (χ0v) is 12.9. The summed E-state index contributed by atoms with van der Waals surface area (Å²) in [5, 5.41) is 3.72. The van der Waals surface area contributed by atoms with Crippen LogP contribution in [0.4, 0.5) is 5.69 Å². The first kappa shape index (κ1) is 14.2. The van der Waals surface area contributed by atoms with Crippen molar-refractivity contribution < 1.29 is 0 Å². The van der Waals surface area contributed by atoms with E-state index < -0.39 is 0 Å². The molecule has 0 saturated heterocycles. The average Bonchev–Trinajstić information content (AvgIpc) is 2.56. The van der Waals surface area contributed by atoms with Gasteiger partial charge in [0.15, 0.2) is 0 Å². The normalized spacial score (nSPS) is 22.0. The maximum absolute atomic E-state index is 3.72. The number of hydrogen-bond donors (Lipinski definition) is 1. The van der Waals surface area contributed by atoms with E-state index in [9.17, 15) is 0 Å². The van der Waals surface area contributed by atoms with E-state index in [1.807, 2.05) is 0 Å². The first-order chi connectivity index (χ1) is 10.3. The lowest BCUT2D eigenvalue weighted by Crippen LogP contribution is -2.26. The summed E-state index contributed by atoms with van der Waals surface area (Å²) in [6.07, 6.45) is 6.76. The van der Waals surface area contributed by atoms with E-state index in [1.54, 1.807) is 0 Å². The molecule has 0 aromatic heterocycles. The maximum atomic E-state index is 3.72. The summed E-state index contributed by atoms with van der Waals surface area (Å²) in [7, 11) is 0. The van der Waals surface area contributed by atoms with Crippen LogP contribution in [-0.2, 0) is 0 Å². The lowest BCUT2D eigenvalue weighted by atomic mass is 9.84. The summed E-state index contributed by atoms with van der Waals surface area (Å²) in [5.74, 6) is 0.917. The van der Waals surface area contributed by atoms with Crippen molar-refractivity contribution >= 4 is 5.69 Å². The van der Waals surface area contributed by atoms with Gasteiger partial charge in [-0.2, -0.15) is 0 Å². The van der Waals surface area contributed by atoms with Gasteiger partial charge >= 0.3 is 0 Å². The monoisotopic (exact) mass is 279 g/mol. The Labute approximate surface area is 128 Å². The molecule has 21 heavy (non-hydrogen) atoms. The van der Waals surface area contributed by atoms with Gasteiger partial charge in [-0.05, 0) is 42.0 Å². The van der Waals surface area contributed by atoms with E-state index in [1.165, 1.54) is 48.9 Å². The Balaban J connectivity index is 1.65. The van der Waals surface area contributed by atoms with Crippen LogP contribution in [0.2, 0.25) is 0 Å². The largest absolute Gasteiger partial charge is 0.382 e. The zero-order chi connectivity index (χ0) is 14.5. The fourth-order valence-corrected chi connectivity index (χ4v) is 3.42. The predicted molar refractivity (Wildman–Crippen MR) is 91.5 cm³/mol. The minimum atomic E-state index is 0.659. The third-order valence-electron chi connectivity index (χ3n) is 4.72. The molecule has 1 fully saturated rings. The van der Waals surface area contributed by atoms with E-state index in [2.05, 4.69) is 66.8 Å². The van der Waals surface area contributed by atoms with Crippen molar-refractivity contribution in [2.24, 2.45) is 5.92 Å². The second-order valence-electron chi connectivity index (χ2n) is 6.23. The number of nitrogens with one attached hydrogen (secondary N) is 1. The lowest BCUT2D eigenvalue weighted by molar-refractivity contribution is 0.327. The van der Waals surface area contributed by atoms with Crippen LogP contribution in [-0.4, -0.2) is 6.04 Å². The molecule has 1 nitrogen and oxygen atoms in total. The molecule has 2 aromatic carbocycles. The van der Waals surface area contributed by atoms with Gasteiger partial charge in [-0.3, -0.25) is 0 Å². The smallest absolute Gasteiger partial charge is 0.0342 e. The summed E-state index contributed by atoms with van der Waals surface area (Å²) < 4.78 is 0. The summed E-state index contributed by atoms with van der Waals surface area (Å²) in [6.45, 7) is 2.32. The molecule has 1 heteroatoms. The highest BCUT2D eigenvalue weighted by atomic mass is 14.9. The third-order valence-corrected chi connectivity index (χ3v) is 4.72. The standard InChI is InChI=1S/C20H25N/c1-2-16-7-6-10-20(15-16)21-19-13-11-18(12-14-19)17-8-4-3-5-9-17/h3-5,8-9,11-14,16,20-21H,2,6-7,10,15H2,1H3. The molecule has 2 unspecified atom stereocenters. The van der Waals surface area contributed by atoms with Gasteiger partial charge in [0.2, 0.25) is 0 Å². The molecule has 1 aliphatic carbocycles. The molecule has 3 rings (SSSR count). The Hall–Kier alpha value is -1.76. The van der Waals surface area contributed by atoms with Crippen LogP contribution in [0.1, 0.15) is 39.0 Å². The Morgan fingerprint density at radius 2 is 1.62 bits per heavy atom. The molecule has 0 aliphatic heterocycles. The Kier molecular flexibility index (Phi) is 4.59. The van der Waals surface area contributed by atoms with Gasteiger partial charge in [-0.25, -0.2) is 0 Å². The molecule has 1 aliphatic rings. The predicted octanol–water partition coefficient (Wildman–Crippen LogP) is 5.73. The fraction of sp³-hybridized carbons (Fsp3) is 0.400. The fourth-order valence-electron chi connectivity index (χ4n) is 3.42. The molecule has 1 saturated carbocycles. The summed E-state index contributed by atoms with van der Waals surface area (Å²) in [5.41, 5.74) is 3.83. The van der Waals surface area contributed by atoms with Gasteiger partial charge < -0.3 is 5.32 Å². The van der Waals surface area contributed by atoms with Crippen molar-refractivity contribution in [2.45, 2.75) is 45.1 Å². The van der Waals surface area contributed by atoms with Crippen LogP contribution in [0.15, 0.2) is 54.6 Å². The van der Waals surface area contributed by atoms with Gasteiger partial charge in [0.25, 0.3) is 0 Å². The van der Waals surface area contributed by atoms with Gasteiger partial charge in [-0.1, -0.05) is 68.7 Å². The molecule has 0 heterocycles. The van der Waals surface area contributed by atoms with Gasteiger partial charge in [0, 0.05) is 11.7 Å². The maximum Gasteiger partial charge on any atom is 0.0342 e. The second-order valence-corrected chi connectivity index (χ2v) is 6.23. The van der Waals surface area contributed by atoms with Gasteiger partial charge in [-0.15, -0.1) is 0 Å². The molecule has 1 N–H and O–H groups in total. The Bertz CT molecular complexity index is 544. The molecule has 0 amide bonds. The number of rotatable bonds is 4. The highest BCUT2D eigenvalue weighted by Crippen LogP contribution is 2.29. The quantitative estimate of drug-likeness (QED) is 0.753. The van der Waals surface area contributed by atoms with Crippen LogP contribution in [0.3, 0.4) is 0 Å². The van der Waals surface area contributed by atoms with Crippen molar-refractivity contribution in [3.05, 3.63) is 54.6 Å². The van der Waals surface area contributed by atoms with Crippen LogP contribution in [0.25, 0.3) is 11.1 Å². The van der Waals surface area contributed by atoms with E-state index in [-0.39, 0.29) is 0 Å². The summed E-state index contributed by atoms with van der Waals surface area (Å²) in [4.78, 5) is 0. The average molecular weight is 279 g/mol. The van der Waals surface area contributed by atoms with Gasteiger partial charge in [0.1, 0.15) is 0 Å². The van der Waals surface area contributed by atoms with Crippen molar-refractivity contribution in [2.75, 3.05) is 5.32 Å². The molecule has 110 valence electrons. The Morgan fingerprint density at radius 3 is 2.33 bits per heavy atom. The van der Waals surface area contributed by atoms with E-state index in [0.29, 0.717) is 6.04 Å². The van der Waals surface area contributed by atoms with Crippen LogP contribution >= 0.6 is 0 Å². The van der Waals surface area contributed by atoms with Crippen molar-refractivity contribution in [3.63, 3.8) is 0 Å². The third kappa shape index (κ3) is 3.66. The van der Waals surface area contributed by atoms with E-state index >= 15 is 0 Å². The summed E-state index contributed by atoms with van der Waals surface area (Å²) >= 11 is 0. The molecular formula is C20H25N. The van der Waals surface area contributed by atoms with E-state index in [0.717, 1.165) is 5.92 Å². The number of benzene rings is 2. The van der Waals surface area contributed by atoms with E-state index in [4.69, 9.17) is 0 Å². The molecule has 0 radical (unpaired) electrons. The SMILES string of the molecule is CCC1CCCC(Nc2ccc(-c3ccccc3)cc2)C1. The first-order valence-electron chi connectivity index (χ1n) is 8.27. The summed E-state index contributed by atoms with van der Waals surface area (Å²) in [6, 6.07) is 20.1. The second kappa shape index (κ2) is 6.80. The van der Waals surface area contributed by atoms with Crippen molar-refractivity contribution in [1.29, 1.82) is 0 Å². The highest BCUT2D eigenvalue weighted by Gasteiger charge is 2.20. The van der Waals surface area contributed by atoms with Crippen molar-refractivity contribution in [1.82, 2.24) is 0 Å². The van der Waals surface area contributed by atoms with Gasteiger partial charge in [0.05, 0.1) is 0 Å². The topological polar surface area (TPSA) is 12.0 Å². The number of hydrogen-bond acceptors (Lipinski definition) is 1. The zero-order valence-electron chi connectivity index (χ0n) is 12.9. The lowest BCUT2D eigenvalue weighted by Gasteiger charge is -2.29. The highest BCUT2D eigenvalue weighted by molar-refractivity contribution is 5.65. The molecule has 2 aromatic rings. The number of anilines is 1. The molecule has 0 spiro atoms. The molecule has 2 atom stereocenters. The molecule has 0 bridgehead atoms. The first-order valence-corrected chi connectivity index (χ1v) is 8.27. The minimum absolute atomic E-state index is 0.659. The molecular weight excluding hydrogens is 254 g/mol. The van der Waals surface area contributed by atoms with Crippen LogP contribution in [0, 0.1) is 5.92 Å².